The summed E-state index contributed by atoms with van der Waals surface area (Å²) in [5.74, 6) is 1.76. The summed E-state index contributed by atoms with van der Waals surface area (Å²) in [5.41, 5.74) is 1.27. The molecule has 1 aromatic heterocycles. The maximum atomic E-state index is 9.15. The first-order valence-corrected chi connectivity index (χ1v) is 8.24. The van der Waals surface area contributed by atoms with E-state index >= 15 is 0 Å². The lowest BCUT2D eigenvalue weighted by Crippen LogP contribution is -2.42. The van der Waals surface area contributed by atoms with Gasteiger partial charge in [-0.05, 0) is 44.2 Å². The van der Waals surface area contributed by atoms with Crippen LogP contribution in [0.5, 0.6) is 0 Å². The van der Waals surface area contributed by atoms with Crippen molar-refractivity contribution < 1.29 is 5.11 Å². The van der Waals surface area contributed by atoms with Crippen molar-refractivity contribution in [2.24, 2.45) is 5.92 Å². The molecule has 4 nitrogen and oxygen atoms in total. The topological polar surface area (TPSA) is 48.4 Å². The second-order valence-corrected chi connectivity index (χ2v) is 6.37. The quantitative estimate of drug-likeness (QED) is 0.734. The molecule has 1 fully saturated rings. The van der Waals surface area contributed by atoms with Crippen LogP contribution in [-0.4, -0.2) is 35.8 Å². The van der Waals surface area contributed by atoms with Gasteiger partial charge in [0.05, 0.1) is 0 Å². The van der Waals surface area contributed by atoms with Gasteiger partial charge in [0.2, 0.25) is 0 Å². The van der Waals surface area contributed by atoms with E-state index in [2.05, 4.69) is 35.1 Å². The van der Waals surface area contributed by atoms with Gasteiger partial charge in [-0.3, -0.25) is 0 Å². The minimum absolute atomic E-state index is 0.247. The molecule has 0 saturated heterocycles. The summed E-state index contributed by atoms with van der Waals surface area (Å²) >= 11 is 0. The summed E-state index contributed by atoms with van der Waals surface area (Å²) in [5, 5.41) is 12.7. The van der Waals surface area contributed by atoms with Crippen LogP contribution < -0.4 is 10.2 Å². The van der Waals surface area contributed by atoms with E-state index in [0.717, 1.165) is 31.9 Å². The number of pyridine rings is 1. The second-order valence-electron chi connectivity index (χ2n) is 6.37. The highest BCUT2D eigenvalue weighted by Gasteiger charge is 2.26. The molecule has 0 spiro atoms. The van der Waals surface area contributed by atoms with Crippen LogP contribution >= 0.6 is 0 Å². The molecule has 0 radical (unpaired) electrons. The Morgan fingerprint density at radius 1 is 1.43 bits per heavy atom. The lowest BCUT2D eigenvalue weighted by atomic mass is 9.91. The third-order valence-electron chi connectivity index (χ3n) is 4.08. The van der Waals surface area contributed by atoms with Crippen LogP contribution in [0.25, 0.3) is 0 Å². The molecule has 0 amide bonds. The predicted octanol–water partition coefficient (Wildman–Crippen LogP) is 2.57. The fourth-order valence-corrected chi connectivity index (χ4v) is 2.72. The average molecular weight is 291 g/mol. The lowest BCUT2D eigenvalue weighted by Gasteiger charge is -2.39. The van der Waals surface area contributed by atoms with Gasteiger partial charge in [-0.1, -0.05) is 19.9 Å². The molecule has 0 atom stereocenters. The molecular weight excluding hydrogens is 262 g/mol. The molecule has 0 aliphatic heterocycles. The van der Waals surface area contributed by atoms with Crippen molar-refractivity contribution >= 4 is 5.82 Å². The first-order valence-electron chi connectivity index (χ1n) is 8.24. The van der Waals surface area contributed by atoms with E-state index in [4.69, 9.17) is 5.11 Å². The molecule has 1 heterocycles. The molecule has 1 aromatic rings. The zero-order valence-electron chi connectivity index (χ0n) is 13.4. The Hall–Kier alpha value is -1.13. The number of nitrogens with zero attached hydrogens (tertiary/aromatic N) is 2. The maximum absolute atomic E-state index is 9.15. The minimum Gasteiger partial charge on any atom is -0.396 e. The van der Waals surface area contributed by atoms with E-state index in [0.29, 0.717) is 12.0 Å². The number of anilines is 1. The Kier molecular flexibility index (Phi) is 6.46. The van der Waals surface area contributed by atoms with Crippen molar-refractivity contribution in [1.82, 2.24) is 10.3 Å². The molecule has 1 aliphatic rings. The second kappa shape index (κ2) is 8.35. The molecule has 4 heteroatoms. The van der Waals surface area contributed by atoms with Crippen LogP contribution in [0.1, 0.15) is 45.1 Å². The molecule has 1 aliphatic carbocycles. The highest BCUT2D eigenvalue weighted by molar-refractivity contribution is 5.48. The minimum atomic E-state index is 0.247. The van der Waals surface area contributed by atoms with E-state index in [-0.39, 0.29) is 6.61 Å². The van der Waals surface area contributed by atoms with Gasteiger partial charge in [-0.2, -0.15) is 0 Å². The van der Waals surface area contributed by atoms with Crippen molar-refractivity contribution in [3.8, 4) is 0 Å². The highest BCUT2D eigenvalue weighted by Crippen LogP contribution is 2.30. The summed E-state index contributed by atoms with van der Waals surface area (Å²) in [4.78, 5) is 7.05. The predicted molar refractivity (Wildman–Crippen MR) is 87.5 cm³/mol. The van der Waals surface area contributed by atoms with Crippen LogP contribution in [0.15, 0.2) is 18.3 Å². The highest BCUT2D eigenvalue weighted by atomic mass is 16.3. The third-order valence-corrected chi connectivity index (χ3v) is 4.08. The largest absolute Gasteiger partial charge is 0.396 e. The van der Waals surface area contributed by atoms with Crippen molar-refractivity contribution in [1.29, 1.82) is 0 Å². The first-order chi connectivity index (χ1) is 10.2. The molecule has 21 heavy (non-hydrogen) atoms. The standard InChI is InChI=1S/C17H29N3O/c1-14(2)12-18-13-15-6-4-9-19-17(15)20(10-5-11-21)16-7-3-8-16/h4,6,9,14,16,18,21H,3,5,7-8,10-13H2,1-2H3. The van der Waals surface area contributed by atoms with Gasteiger partial charge in [0.1, 0.15) is 5.82 Å². The fourth-order valence-electron chi connectivity index (χ4n) is 2.72. The first kappa shape index (κ1) is 16.2. The normalized spacial score (nSPS) is 15.2. The van der Waals surface area contributed by atoms with Gasteiger partial charge in [-0.25, -0.2) is 4.98 Å². The van der Waals surface area contributed by atoms with Crippen molar-refractivity contribution in [3.63, 3.8) is 0 Å². The van der Waals surface area contributed by atoms with E-state index < -0.39 is 0 Å². The van der Waals surface area contributed by atoms with Gasteiger partial charge in [0, 0.05) is 37.5 Å². The molecular formula is C17H29N3O. The monoisotopic (exact) mass is 291 g/mol. The van der Waals surface area contributed by atoms with Crippen LogP contribution in [0.2, 0.25) is 0 Å². The Balaban J connectivity index is 2.07. The van der Waals surface area contributed by atoms with Gasteiger partial charge in [-0.15, -0.1) is 0 Å². The zero-order valence-corrected chi connectivity index (χ0v) is 13.4. The van der Waals surface area contributed by atoms with Crippen LogP contribution in [-0.2, 0) is 6.54 Å². The molecule has 2 N–H and O–H groups in total. The van der Waals surface area contributed by atoms with Crippen molar-refractivity contribution in [3.05, 3.63) is 23.9 Å². The van der Waals surface area contributed by atoms with Crippen LogP contribution in [0, 0.1) is 5.92 Å². The summed E-state index contributed by atoms with van der Waals surface area (Å²) in [6.07, 6.45) is 6.51. The summed E-state index contributed by atoms with van der Waals surface area (Å²) in [6, 6.07) is 4.79. The zero-order chi connectivity index (χ0) is 15.1. The van der Waals surface area contributed by atoms with E-state index in [1.54, 1.807) is 0 Å². The lowest BCUT2D eigenvalue weighted by molar-refractivity contribution is 0.282. The van der Waals surface area contributed by atoms with Crippen LogP contribution in [0.4, 0.5) is 5.82 Å². The van der Waals surface area contributed by atoms with Gasteiger partial charge >= 0.3 is 0 Å². The molecule has 118 valence electrons. The smallest absolute Gasteiger partial charge is 0.133 e. The summed E-state index contributed by atoms with van der Waals surface area (Å²) < 4.78 is 0. The number of nitrogens with one attached hydrogen (secondary N) is 1. The number of rotatable bonds is 9. The average Bonchev–Trinajstić information content (AvgIpc) is 2.41. The fraction of sp³-hybridized carbons (Fsp3) is 0.706. The van der Waals surface area contributed by atoms with E-state index in [1.807, 2.05) is 12.3 Å². The number of hydrogen-bond donors (Lipinski definition) is 2. The molecule has 0 bridgehead atoms. The van der Waals surface area contributed by atoms with Gasteiger partial charge in [0.25, 0.3) is 0 Å². The molecule has 0 aromatic carbocycles. The maximum Gasteiger partial charge on any atom is 0.133 e. The van der Waals surface area contributed by atoms with Crippen molar-refractivity contribution in [2.75, 3.05) is 24.6 Å². The molecule has 2 rings (SSSR count). The Morgan fingerprint density at radius 2 is 2.24 bits per heavy atom. The molecule has 0 unspecified atom stereocenters. The van der Waals surface area contributed by atoms with Crippen LogP contribution in [0.3, 0.4) is 0 Å². The number of aromatic nitrogens is 1. The van der Waals surface area contributed by atoms with Gasteiger partial charge < -0.3 is 15.3 Å². The Labute approximate surface area is 128 Å². The number of hydrogen-bond acceptors (Lipinski definition) is 4. The molecule has 1 saturated carbocycles. The Bertz CT molecular complexity index is 418. The Morgan fingerprint density at radius 3 is 2.86 bits per heavy atom. The van der Waals surface area contributed by atoms with E-state index in [1.165, 1.54) is 24.8 Å². The summed E-state index contributed by atoms with van der Waals surface area (Å²) in [6.45, 7) is 7.47. The SMILES string of the molecule is CC(C)CNCc1cccnc1N(CCCO)C1CCC1. The van der Waals surface area contributed by atoms with E-state index in [9.17, 15) is 0 Å². The summed E-state index contributed by atoms with van der Waals surface area (Å²) in [7, 11) is 0. The third kappa shape index (κ3) is 4.68. The van der Waals surface area contributed by atoms with Crippen molar-refractivity contribution in [2.45, 2.75) is 52.1 Å². The number of aliphatic hydroxyl groups excluding tert-OH is 1. The van der Waals surface area contributed by atoms with Gasteiger partial charge in [0.15, 0.2) is 0 Å². The number of aliphatic hydroxyl groups is 1.